The second-order valence-corrected chi connectivity index (χ2v) is 3.69. The van der Waals surface area contributed by atoms with Crippen LogP contribution < -0.4 is 0 Å². The number of carbonyl (C=O) groups excluding carboxylic acids is 1. The van der Waals surface area contributed by atoms with Crippen molar-refractivity contribution in [3.8, 4) is 0 Å². The fourth-order valence-electron chi connectivity index (χ4n) is 1.62. The van der Waals surface area contributed by atoms with Gasteiger partial charge in [0.15, 0.2) is 6.10 Å². The predicted molar refractivity (Wildman–Crippen MR) is 58.1 cm³/mol. The van der Waals surface area contributed by atoms with Crippen LogP contribution in [0.3, 0.4) is 0 Å². The summed E-state index contributed by atoms with van der Waals surface area (Å²) in [5, 5.41) is 0. The minimum absolute atomic E-state index is 0.0449. The first-order valence-electron chi connectivity index (χ1n) is 5.52. The van der Waals surface area contributed by atoms with Crippen LogP contribution in [0.5, 0.6) is 0 Å². The van der Waals surface area contributed by atoms with Crippen LogP contribution in [0.2, 0.25) is 0 Å². The molecule has 0 aliphatic carbocycles. The topological polar surface area (TPSA) is 80.0 Å². The molecule has 1 fully saturated rings. The van der Waals surface area contributed by atoms with Gasteiger partial charge in [0.1, 0.15) is 5.69 Å². The molecular formula is C11H15NO6. The molecule has 7 heteroatoms. The van der Waals surface area contributed by atoms with Crippen LogP contribution in [-0.2, 0) is 25.6 Å². The average molecular weight is 257 g/mol. The highest BCUT2D eigenvalue weighted by atomic mass is 16.6. The summed E-state index contributed by atoms with van der Waals surface area (Å²) in [7, 11) is 2.79. The van der Waals surface area contributed by atoms with Crippen LogP contribution in [0.4, 0.5) is 0 Å². The molecule has 1 aliphatic rings. The molecule has 2 rings (SSSR count). The number of methoxy groups -OCH3 is 2. The van der Waals surface area contributed by atoms with E-state index in [1.165, 1.54) is 14.2 Å². The summed E-state index contributed by atoms with van der Waals surface area (Å²) >= 11 is 0. The summed E-state index contributed by atoms with van der Waals surface area (Å²) in [6.07, 6.45) is -0.396. The normalized spacial score (nSPS) is 19.8. The smallest absolute Gasteiger partial charge is 0.376 e. The Morgan fingerprint density at radius 3 is 2.89 bits per heavy atom. The van der Waals surface area contributed by atoms with E-state index in [9.17, 15) is 4.79 Å². The van der Waals surface area contributed by atoms with Crippen molar-refractivity contribution in [3.05, 3.63) is 17.3 Å². The Bertz CT molecular complexity index is 410. The Kier molecular flexibility index (Phi) is 4.29. The van der Waals surface area contributed by atoms with Crippen LogP contribution in [0, 0.1) is 0 Å². The number of esters is 1. The standard InChI is InChI=1S/C11H15NO6/c1-14-5-7-9(11(13)15-2)18-10(12-7)8-6-16-3-4-17-8/h8H,3-6H2,1-2H3. The maximum absolute atomic E-state index is 11.5. The number of hydrogen-bond donors (Lipinski definition) is 0. The number of nitrogens with zero attached hydrogens (tertiary/aromatic N) is 1. The molecule has 1 unspecified atom stereocenters. The maximum atomic E-state index is 11.5. The van der Waals surface area contributed by atoms with Gasteiger partial charge < -0.3 is 23.4 Å². The first-order valence-corrected chi connectivity index (χ1v) is 5.52. The summed E-state index contributed by atoms with van der Waals surface area (Å²) in [6.45, 7) is 1.54. The summed E-state index contributed by atoms with van der Waals surface area (Å²) < 4.78 is 25.7. The number of rotatable bonds is 4. The summed E-state index contributed by atoms with van der Waals surface area (Å²) in [4.78, 5) is 15.7. The van der Waals surface area contributed by atoms with Gasteiger partial charge in [-0.2, -0.15) is 0 Å². The van der Waals surface area contributed by atoms with E-state index in [1.54, 1.807) is 0 Å². The van der Waals surface area contributed by atoms with Crippen LogP contribution in [0.15, 0.2) is 4.42 Å². The fraction of sp³-hybridized carbons (Fsp3) is 0.636. The molecule has 0 aromatic carbocycles. The molecule has 0 N–H and O–H groups in total. The van der Waals surface area contributed by atoms with E-state index in [1.807, 2.05) is 0 Å². The van der Waals surface area contributed by atoms with Gasteiger partial charge in [0.05, 0.1) is 33.5 Å². The first-order chi connectivity index (χ1) is 8.76. The molecule has 0 saturated carbocycles. The van der Waals surface area contributed by atoms with Crippen molar-refractivity contribution < 1.29 is 28.2 Å². The molecule has 0 bridgehead atoms. The zero-order valence-corrected chi connectivity index (χ0v) is 10.3. The third-order valence-electron chi connectivity index (χ3n) is 2.46. The molecule has 0 radical (unpaired) electrons. The average Bonchev–Trinajstić information content (AvgIpc) is 2.83. The predicted octanol–water partition coefficient (Wildman–Crippen LogP) is 0.696. The maximum Gasteiger partial charge on any atom is 0.376 e. The lowest BCUT2D eigenvalue weighted by Gasteiger charge is -2.19. The molecule has 1 aromatic rings. The van der Waals surface area contributed by atoms with Gasteiger partial charge in [0.25, 0.3) is 0 Å². The highest BCUT2D eigenvalue weighted by Gasteiger charge is 2.27. The van der Waals surface area contributed by atoms with Crippen molar-refractivity contribution >= 4 is 5.97 Å². The minimum Gasteiger partial charge on any atom is -0.463 e. The minimum atomic E-state index is -0.586. The van der Waals surface area contributed by atoms with E-state index in [0.717, 1.165) is 0 Å². The van der Waals surface area contributed by atoms with Crippen molar-refractivity contribution in [1.29, 1.82) is 0 Å². The number of hydrogen-bond acceptors (Lipinski definition) is 7. The summed E-state index contributed by atoms with van der Waals surface area (Å²) in [5.41, 5.74) is 0.397. The third-order valence-corrected chi connectivity index (χ3v) is 2.46. The number of carbonyl (C=O) groups is 1. The molecule has 1 aliphatic heterocycles. The van der Waals surface area contributed by atoms with Crippen molar-refractivity contribution in [1.82, 2.24) is 4.98 Å². The van der Waals surface area contributed by atoms with E-state index in [4.69, 9.17) is 18.6 Å². The molecule has 7 nitrogen and oxygen atoms in total. The van der Waals surface area contributed by atoms with Gasteiger partial charge in [-0.1, -0.05) is 0 Å². The zero-order chi connectivity index (χ0) is 13.0. The SMILES string of the molecule is COCc1nc(C2COCCO2)oc1C(=O)OC. The van der Waals surface area contributed by atoms with Gasteiger partial charge in [-0.15, -0.1) is 0 Å². The Morgan fingerprint density at radius 2 is 2.28 bits per heavy atom. The molecule has 0 amide bonds. The quantitative estimate of drug-likeness (QED) is 0.734. The molecule has 18 heavy (non-hydrogen) atoms. The Balaban J connectivity index is 2.23. The Morgan fingerprint density at radius 1 is 1.44 bits per heavy atom. The van der Waals surface area contributed by atoms with Gasteiger partial charge in [0, 0.05) is 7.11 Å². The number of oxazole rings is 1. The molecule has 1 aromatic heterocycles. The van der Waals surface area contributed by atoms with Crippen molar-refractivity contribution in [3.63, 3.8) is 0 Å². The van der Waals surface area contributed by atoms with Gasteiger partial charge in [-0.25, -0.2) is 9.78 Å². The molecule has 1 saturated heterocycles. The molecule has 1 atom stereocenters. The zero-order valence-electron chi connectivity index (χ0n) is 10.3. The van der Waals surface area contributed by atoms with Crippen LogP contribution in [0.1, 0.15) is 28.2 Å². The van der Waals surface area contributed by atoms with Gasteiger partial charge in [-0.05, 0) is 0 Å². The van der Waals surface area contributed by atoms with Gasteiger partial charge >= 0.3 is 5.97 Å². The van der Waals surface area contributed by atoms with E-state index < -0.39 is 12.1 Å². The highest BCUT2D eigenvalue weighted by Crippen LogP contribution is 2.23. The largest absolute Gasteiger partial charge is 0.463 e. The molecule has 100 valence electrons. The lowest BCUT2D eigenvalue weighted by Crippen LogP contribution is -2.22. The second kappa shape index (κ2) is 5.94. The molecule has 0 spiro atoms. The van der Waals surface area contributed by atoms with Crippen molar-refractivity contribution in [2.24, 2.45) is 0 Å². The number of ether oxygens (including phenoxy) is 4. The number of aromatic nitrogens is 1. The van der Waals surface area contributed by atoms with Gasteiger partial charge in [0.2, 0.25) is 11.7 Å². The van der Waals surface area contributed by atoms with Crippen LogP contribution >= 0.6 is 0 Å². The third kappa shape index (κ3) is 2.69. The van der Waals surface area contributed by atoms with E-state index in [0.29, 0.717) is 31.4 Å². The second-order valence-electron chi connectivity index (χ2n) is 3.69. The van der Waals surface area contributed by atoms with E-state index in [-0.39, 0.29) is 12.4 Å². The van der Waals surface area contributed by atoms with Gasteiger partial charge in [-0.3, -0.25) is 0 Å². The van der Waals surface area contributed by atoms with E-state index in [2.05, 4.69) is 9.72 Å². The Hall–Kier alpha value is -1.44. The Labute approximate surface area is 104 Å². The summed E-state index contributed by atoms with van der Waals surface area (Å²) in [6, 6.07) is 0. The molecule has 2 heterocycles. The lowest BCUT2D eigenvalue weighted by molar-refractivity contribution is -0.0998. The first kappa shape index (κ1) is 13.0. The van der Waals surface area contributed by atoms with Crippen molar-refractivity contribution in [2.75, 3.05) is 34.0 Å². The molecular weight excluding hydrogens is 242 g/mol. The van der Waals surface area contributed by atoms with Crippen molar-refractivity contribution in [2.45, 2.75) is 12.7 Å². The summed E-state index contributed by atoms with van der Waals surface area (Å²) in [5.74, 6) is -0.233. The van der Waals surface area contributed by atoms with Crippen LogP contribution in [0.25, 0.3) is 0 Å². The highest BCUT2D eigenvalue weighted by molar-refractivity contribution is 5.87. The van der Waals surface area contributed by atoms with Crippen LogP contribution in [-0.4, -0.2) is 45.0 Å². The monoisotopic (exact) mass is 257 g/mol. The lowest BCUT2D eigenvalue weighted by atomic mass is 10.3. The fourth-order valence-corrected chi connectivity index (χ4v) is 1.62. The van der Waals surface area contributed by atoms with E-state index >= 15 is 0 Å².